The van der Waals surface area contributed by atoms with Crippen molar-refractivity contribution in [2.75, 3.05) is 33.5 Å². The summed E-state index contributed by atoms with van der Waals surface area (Å²) >= 11 is 0. The van der Waals surface area contributed by atoms with E-state index in [0.29, 0.717) is 49.5 Å². The number of benzene rings is 2. The van der Waals surface area contributed by atoms with Crippen molar-refractivity contribution in [1.29, 1.82) is 0 Å². The average Bonchev–Trinajstić information content (AvgIpc) is 3.27. The molecule has 0 bridgehead atoms. The number of likely N-dealkylation sites (tertiary alicyclic amines) is 2. The molecule has 1 spiro atoms. The van der Waals surface area contributed by atoms with E-state index in [1.54, 1.807) is 25.3 Å². The lowest BCUT2D eigenvalue weighted by atomic mass is 9.71. The Kier molecular flexibility index (Phi) is 4.53. The van der Waals surface area contributed by atoms with E-state index in [-0.39, 0.29) is 24.0 Å². The minimum absolute atomic E-state index is 0.0231. The van der Waals surface area contributed by atoms with Crippen LogP contribution < -0.4 is 14.2 Å². The minimum atomic E-state index is -0.307. The molecular formula is C23H24N2O5. The third-order valence-electron chi connectivity index (χ3n) is 6.39. The van der Waals surface area contributed by atoms with E-state index in [4.69, 9.17) is 14.2 Å². The number of methoxy groups -OCH3 is 1. The van der Waals surface area contributed by atoms with Gasteiger partial charge in [0.2, 0.25) is 12.7 Å². The summed E-state index contributed by atoms with van der Waals surface area (Å²) in [4.78, 5) is 29.5. The molecule has 3 aliphatic heterocycles. The molecule has 0 radical (unpaired) electrons. The lowest BCUT2D eigenvalue weighted by Crippen LogP contribution is -2.64. The molecule has 2 aromatic carbocycles. The van der Waals surface area contributed by atoms with Gasteiger partial charge in [-0.2, -0.15) is 0 Å². The number of amides is 2. The second-order valence-corrected chi connectivity index (χ2v) is 8.15. The van der Waals surface area contributed by atoms with Gasteiger partial charge in [0.1, 0.15) is 5.75 Å². The summed E-state index contributed by atoms with van der Waals surface area (Å²) in [5.74, 6) is 2.27. The van der Waals surface area contributed by atoms with Crippen LogP contribution in [0.5, 0.6) is 17.2 Å². The number of β-lactam (4-membered cyclic amide) rings is 1. The minimum Gasteiger partial charge on any atom is -0.497 e. The highest BCUT2D eigenvalue weighted by Crippen LogP contribution is 2.43. The third kappa shape index (κ3) is 3.14. The summed E-state index contributed by atoms with van der Waals surface area (Å²) in [6.07, 6.45) is 1.42. The average molecular weight is 408 g/mol. The Morgan fingerprint density at radius 1 is 1.07 bits per heavy atom. The molecule has 30 heavy (non-hydrogen) atoms. The highest BCUT2D eigenvalue weighted by molar-refractivity contribution is 5.95. The summed E-state index contributed by atoms with van der Waals surface area (Å²) < 4.78 is 15.9. The molecule has 3 aliphatic rings. The fraction of sp³-hybridized carbons (Fsp3) is 0.391. The Bertz CT molecular complexity index is 980. The van der Waals surface area contributed by atoms with Crippen LogP contribution >= 0.6 is 0 Å². The fourth-order valence-corrected chi connectivity index (χ4v) is 4.55. The van der Waals surface area contributed by atoms with Gasteiger partial charge in [0.05, 0.1) is 12.5 Å². The van der Waals surface area contributed by atoms with Gasteiger partial charge in [0.15, 0.2) is 11.5 Å². The van der Waals surface area contributed by atoms with Gasteiger partial charge in [-0.1, -0.05) is 12.1 Å². The Morgan fingerprint density at radius 2 is 1.80 bits per heavy atom. The number of hydrogen-bond donors (Lipinski definition) is 0. The van der Waals surface area contributed by atoms with E-state index >= 15 is 0 Å². The molecule has 0 N–H and O–H groups in total. The highest BCUT2D eigenvalue weighted by atomic mass is 16.7. The Labute approximate surface area is 175 Å². The first-order valence-electron chi connectivity index (χ1n) is 10.2. The second kappa shape index (κ2) is 7.23. The van der Waals surface area contributed by atoms with Crippen molar-refractivity contribution in [2.24, 2.45) is 5.41 Å². The topological polar surface area (TPSA) is 68.3 Å². The molecule has 7 nitrogen and oxygen atoms in total. The van der Waals surface area contributed by atoms with Crippen molar-refractivity contribution in [1.82, 2.24) is 9.80 Å². The molecule has 2 aromatic rings. The van der Waals surface area contributed by atoms with Crippen LogP contribution in [0.4, 0.5) is 0 Å². The predicted molar refractivity (Wildman–Crippen MR) is 109 cm³/mol. The summed E-state index contributed by atoms with van der Waals surface area (Å²) in [6.45, 7) is 2.74. The van der Waals surface area contributed by atoms with Crippen molar-refractivity contribution in [2.45, 2.75) is 19.4 Å². The van der Waals surface area contributed by atoms with Crippen LogP contribution in [0.1, 0.15) is 28.8 Å². The first-order chi connectivity index (χ1) is 14.6. The van der Waals surface area contributed by atoms with Gasteiger partial charge in [-0.05, 0) is 48.7 Å². The van der Waals surface area contributed by atoms with Crippen LogP contribution in [0, 0.1) is 5.41 Å². The predicted octanol–water partition coefficient (Wildman–Crippen LogP) is 2.69. The second-order valence-electron chi connectivity index (χ2n) is 8.15. The SMILES string of the molecule is COc1ccc(CN2CC3(CCN(C(=O)c4ccc5c(c4)OCO5)CC3)C2=O)cc1. The quantitative estimate of drug-likeness (QED) is 0.728. The standard InChI is InChI=1S/C23H24N2O5/c1-28-18-5-2-16(3-6-18)13-25-14-23(22(25)27)8-10-24(11-9-23)21(26)17-4-7-19-20(12-17)30-15-29-19/h2-7,12H,8-11,13-15H2,1H3. The maximum atomic E-state index is 12.9. The van der Waals surface area contributed by atoms with Crippen molar-refractivity contribution in [3.05, 3.63) is 53.6 Å². The zero-order valence-electron chi connectivity index (χ0n) is 16.9. The lowest BCUT2D eigenvalue weighted by Gasteiger charge is -2.52. The summed E-state index contributed by atoms with van der Waals surface area (Å²) in [7, 11) is 1.64. The van der Waals surface area contributed by atoms with Crippen molar-refractivity contribution < 1.29 is 23.8 Å². The normalized spacial score (nSPS) is 19.0. The van der Waals surface area contributed by atoms with Crippen LogP contribution in [0.3, 0.4) is 0 Å². The molecule has 2 saturated heterocycles. The van der Waals surface area contributed by atoms with E-state index in [1.807, 2.05) is 34.1 Å². The first-order valence-corrected chi connectivity index (χ1v) is 10.2. The van der Waals surface area contributed by atoms with E-state index in [0.717, 1.165) is 17.9 Å². The molecular weight excluding hydrogens is 384 g/mol. The van der Waals surface area contributed by atoms with Crippen LogP contribution in [0.15, 0.2) is 42.5 Å². The third-order valence-corrected chi connectivity index (χ3v) is 6.39. The fourth-order valence-electron chi connectivity index (χ4n) is 4.55. The molecule has 0 atom stereocenters. The van der Waals surface area contributed by atoms with Crippen LogP contribution in [0.2, 0.25) is 0 Å². The summed E-state index contributed by atoms with van der Waals surface area (Å²) in [5.41, 5.74) is 1.38. The Balaban J connectivity index is 1.18. The van der Waals surface area contributed by atoms with Crippen molar-refractivity contribution in [3.63, 3.8) is 0 Å². The molecule has 7 heteroatoms. The highest BCUT2D eigenvalue weighted by Gasteiger charge is 2.53. The van der Waals surface area contributed by atoms with Crippen molar-refractivity contribution >= 4 is 11.8 Å². The maximum Gasteiger partial charge on any atom is 0.253 e. The van der Waals surface area contributed by atoms with Gasteiger partial charge < -0.3 is 24.0 Å². The molecule has 3 heterocycles. The number of hydrogen-bond acceptors (Lipinski definition) is 5. The van der Waals surface area contributed by atoms with Crippen LogP contribution in [0.25, 0.3) is 0 Å². The number of rotatable bonds is 4. The number of carbonyl (C=O) groups is 2. The largest absolute Gasteiger partial charge is 0.497 e. The maximum absolute atomic E-state index is 12.9. The number of ether oxygens (including phenoxy) is 3. The molecule has 0 saturated carbocycles. The Morgan fingerprint density at radius 3 is 2.50 bits per heavy atom. The van der Waals surface area contributed by atoms with E-state index in [1.165, 1.54) is 0 Å². The molecule has 5 rings (SSSR count). The number of nitrogens with zero attached hydrogens (tertiary/aromatic N) is 2. The molecule has 156 valence electrons. The molecule has 0 aliphatic carbocycles. The summed E-state index contributed by atoms with van der Waals surface area (Å²) in [6, 6.07) is 13.1. The zero-order chi connectivity index (χ0) is 20.7. The smallest absolute Gasteiger partial charge is 0.253 e. The van der Waals surface area contributed by atoms with Gasteiger partial charge in [-0.15, -0.1) is 0 Å². The van der Waals surface area contributed by atoms with Gasteiger partial charge >= 0.3 is 0 Å². The lowest BCUT2D eigenvalue weighted by molar-refractivity contribution is -0.165. The van der Waals surface area contributed by atoms with E-state index < -0.39 is 0 Å². The molecule has 2 fully saturated rings. The molecule has 0 aromatic heterocycles. The zero-order valence-corrected chi connectivity index (χ0v) is 16.9. The summed E-state index contributed by atoms with van der Waals surface area (Å²) in [5, 5.41) is 0. The van der Waals surface area contributed by atoms with Gasteiger partial charge in [-0.25, -0.2) is 0 Å². The Hall–Kier alpha value is -3.22. The number of fused-ring (bicyclic) bond motifs is 1. The molecule has 2 amide bonds. The van der Waals surface area contributed by atoms with Crippen LogP contribution in [-0.4, -0.2) is 55.2 Å². The van der Waals surface area contributed by atoms with E-state index in [9.17, 15) is 9.59 Å². The van der Waals surface area contributed by atoms with Crippen molar-refractivity contribution in [3.8, 4) is 17.2 Å². The monoisotopic (exact) mass is 408 g/mol. The number of carbonyl (C=O) groups excluding carboxylic acids is 2. The first kappa shape index (κ1) is 18.8. The molecule has 0 unspecified atom stereocenters. The van der Waals surface area contributed by atoms with E-state index in [2.05, 4.69) is 0 Å². The van der Waals surface area contributed by atoms with Gasteiger partial charge in [-0.3, -0.25) is 9.59 Å². The number of piperidine rings is 1. The van der Waals surface area contributed by atoms with Crippen LogP contribution in [-0.2, 0) is 11.3 Å². The van der Waals surface area contributed by atoms with Gasteiger partial charge in [0, 0.05) is 31.7 Å². The van der Waals surface area contributed by atoms with Gasteiger partial charge in [0.25, 0.3) is 5.91 Å².